The first kappa shape index (κ1) is 12.8. The van der Waals surface area contributed by atoms with Gasteiger partial charge in [-0.2, -0.15) is 0 Å². The van der Waals surface area contributed by atoms with E-state index in [1.807, 2.05) is 48.5 Å². The van der Waals surface area contributed by atoms with Gasteiger partial charge in [-0.3, -0.25) is 4.98 Å². The summed E-state index contributed by atoms with van der Waals surface area (Å²) >= 11 is 6.14. The van der Waals surface area contributed by atoms with Crippen LogP contribution in [0.1, 0.15) is 5.56 Å². The van der Waals surface area contributed by atoms with Crippen LogP contribution in [0.3, 0.4) is 0 Å². The number of halogens is 1. The summed E-state index contributed by atoms with van der Waals surface area (Å²) in [6, 6.07) is 15.5. The molecule has 3 N–H and O–H groups in total. The summed E-state index contributed by atoms with van der Waals surface area (Å²) in [5, 5.41) is 5.06. The van der Waals surface area contributed by atoms with Gasteiger partial charge in [0.05, 0.1) is 11.2 Å². The molecule has 0 radical (unpaired) electrons. The average molecular weight is 284 g/mol. The van der Waals surface area contributed by atoms with Crippen molar-refractivity contribution < 1.29 is 0 Å². The van der Waals surface area contributed by atoms with Crippen LogP contribution in [0.5, 0.6) is 0 Å². The highest BCUT2D eigenvalue weighted by Gasteiger charge is 2.05. The lowest BCUT2D eigenvalue weighted by Gasteiger charge is -2.11. The van der Waals surface area contributed by atoms with Crippen molar-refractivity contribution in [2.45, 2.75) is 6.54 Å². The quantitative estimate of drug-likeness (QED) is 0.712. The predicted molar refractivity (Wildman–Crippen MR) is 84.9 cm³/mol. The lowest BCUT2D eigenvalue weighted by Crippen LogP contribution is -2.03. The molecule has 0 fully saturated rings. The molecule has 0 aliphatic rings. The first-order valence-electron chi connectivity index (χ1n) is 6.35. The van der Waals surface area contributed by atoms with Crippen LogP contribution >= 0.6 is 11.6 Å². The molecule has 0 atom stereocenters. The van der Waals surface area contributed by atoms with E-state index in [0.717, 1.165) is 27.8 Å². The minimum absolute atomic E-state index is 0.638. The monoisotopic (exact) mass is 283 g/mol. The average Bonchev–Trinajstić information content (AvgIpc) is 2.46. The molecule has 3 aromatic rings. The zero-order valence-corrected chi connectivity index (χ0v) is 11.6. The number of nitrogens with two attached hydrogens (primary N) is 1. The van der Waals surface area contributed by atoms with Crippen LogP contribution in [0, 0.1) is 0 Å². The zero-order valence-electron chi connectivity index (χ0n) is 10.8. The van der Waals surface area contributed by atoms with Crippen molar-refractivity contribution >= 4 is 33.9 Å². The Hall–Kier alpha value is -2.26. The number of nitrogens with zero attached hydrogens (tertiary/aromatic N) is 1. The lowest BCUT2D eigenvalue weighted by molar-refractivity contribution is 1.15. The Bertz CT molecular complexity index is 756. The molecule has 0 aliphatic carbocycles. The van der Waals surface area contributed by atoms with Crippen molar-refractivity contribution in [3.8, 4) is 0 Å². The largest absolute Gasteiger partial charge is 0.398 e. The molecule has 0 spiro atoms. The van der Waals surface area contributed by atoms with Crippen LogP contribution in [0.4, 0.5) is 11.4 Å². The fourth-order valence-electron chi connectivity index (χ4n) is 2.18. The number of rotatable bonds is 3. The number of anilines is 2. The topological polar surface area (TPSA) is 50.9 Å². The maximum absolute atomic E-state index is 6.14. The second-order valence-electron chi connectivity index (χ2n) is 4.58. The summed E-state index contributed by atoms with van der Waals surface area (Å²) in [6.45, 7) is 0.638. The summed E-state index contributed by atoms with van der Waals surface area (Å²) < 4.78 is 0. The molecular weight excluding hydrogens is 270 g/mol. The van der Waals surface area contributed by atoms with E-state index in [9.17, 15) is 0 Å². The molecule has 0 saturated carbocycles. The number of nitrogen functional groups attached to an aromatic ring is 1. The van der Waals surface area contributed by atoms with Gasteiger partial charge < -0.3 is 11.1 Å². The SMILES string of the molecule is Nc1ccccc1CNc1cc(Cl)cc2cccnc12. The minimum Gasteiger partial charge on any atom is -0.398 e. The van der Waals surface area contributed by atoms with Crippen LogP contribution in [-0.2, 0) is 6.54 Å². The summed E-state index contributed by atoms with van der Waals surface area (Å²) in [5.41, 5.74) is 9.60. The van der Waals surface area contributed by atoms with E-state index in [1.54, 1.807) is 6.20 Å². The number of pyridine rings is 1. The summed E-state index contributed by atoms with van der Waals surface area (Å²) in [4.78, 5) is 4.40. The molecular formula is C16H14ClN3. The Labute approximate surface area is 122 Å². The van der Waals surface area contributed by atoms with E-state index in [-0.39, 0.29) is 0 Å². The normalized spacial score (nSPS) is 10.7. The molecule has 0 unspecified atom stereocenters. The highest BCUT2D eigenvalue weighted by Crippen LogP contribution is 2.27. The van der Waals surface area contributed by atoms with Gasteiger partial charge in [-0.15, -0.1) is 0 Å². The fourth-order valence-corrected chi connectivity index (χ4v) is 2.40. The number of benzene rings is 2. The van der Waals surface area contributed by atoms with Gasteiger partial charge in [0.1, 0.15) is 0 Å². The van der Waals surface area contributed by atoms with Gasteiger partial charge in [0.2, 0.25) is 0 Å². The summed E-state index contributed by atoms with van der Waals surface area (Å²) in [5.74, 6) is 0. The number of aromatic nitrogens is 1. The van der Waals surface area contributed by atoms with E-state index in [1.165, 1.54) is 0 Å². The maximum atomic E-state index is 6.14. The van der Waals surface area contributed by atoms with Gasteiger partial charge in [0, 0.05) is 28.8 Å². The van der Waals surface area contributed by atoms with Gasteiger partial charge in [0.15, 0.2) is 0 Å². The summed E-state index contributed by atoms with van der Waals surface area (Å²) in [7, 11) is 0. The molecule has 0 amide bonds. The van der Waals surface area contributed by atoms with Gasteiger partial charge in [-0.1, -0.05) is 35.9 Å². The highest BCUT2D eigenvalue weighted by molar-refractivity contribution is 6.31. The van der Waals surface area contributed by atoms with Crippen LogP contribution in [0.2, 0.25) is 5.02 Å². The molecule has 0 bridgehead atoms. The third-order valence-electron chi connectivity index (χ3n) is 3.19. The number of fused-ring (bicyclic) bond motifs is 1. The van der Waals surface area contributed by atoms with Crippen molar-refractivity contribution in [3.05, 3.63) is 65.3 Å². The van der Waals surface area contributed by atoms with E-state index in [4.69, 9.17) is 17.3 Å². The van der Waals surface area contributed by atoms with Gasteiger partial charge >= 0.3 is 0 Å². The van der Waals surface area contributed by atoms with Crippen molar-refractivity contribution in [1.82, 2.24) is 4.98 Å². The first-order valence-corrected chi connectivity index (χ1v) is 6.73. The lowest BCUT2D eigenvalue weighted by atomic mass is 10.1. The molecule has 0 aliphatic heterocycles. The fraction of sp³-hybridized carbons (Fsp3) is 0.0625. The molecule has 3 nitrogen and oxygen atoms in total. The van der Waals surface area contributed by atoms with E-state index in [0.29, 0.717) is 11.6 Å². The highest BCUT2D eigenvalue weighted by atomic mass is 35.5. The Morgan fingerprint density at radius 1 is 1.10 bits per heavy atom. The Morgan fingerprint density at radius 3 is 2.80 bits per heavy atom. The van der Waals surface area contributed by atoms with E-state index < -0.39 is 0 Å². The Morgan fingerprint density at radius 2 is 1.95 bits per heavy atom. The second-order valence-corrected chi connectivity index (χ2v) is 5.02. The van der Waals surface area contributed by atoms with E-state index >= 15 is 0 Å². The minimum atomic E-state index is 0.638. The Kier molecular flexibility index (Phi) is 3.44. The molecule has 1 heterocycles. The van der Waals surface area contributed by atoms with Gasteiger partial charge in [-0.05, 0) is 29.8 Å². The van der Waals surface area contributed by atoms with Crippen molar-refractivity contribution in [2.24, 2.45) is 0 Å². The Balaban J connectivity index is 1.93. The van der Waals surface area contributed by atoms with E-state index in [2.05, 4.69) is 10.3 Å². The molecule has 0 saturated heterocycles. The van der Waals surface area contributed by atoms with Crippen molar-refractivity contribution in [1.29, 1.82) is 0 Å². The maximum Gasteiger partial charge on any atom is 0.0934 e. The third kappa shape index (κ3) is 2.53. The third-order valence-corrected chi connectivity index (χ3v) is 3.41. The van der Waals surface area contributed by atoms with Crippen LogP contribution < -0.4 is 11.1 Å². The molecule has 3 rings (SSSR count). The van der Waals surface area contributed by atoms with Crippen molar-refractivity contribution in [3.63, 3.8) is 0 Å². The van der Waals surface area contributed by atoms with Gasteiger partial charge in [-0.25, -0.2) is 0 Å². The summed E-state index contributed by atoms with van der Waals surface area (Å²) in [6.07, 6.45) is 1.78. The standard InChI is InChI=1S/C16H14ClN3/c17-13-8-11-5-3-7-19-16(11)15(9-13)20-10-12-4-1-2-6-14(12)18/h1-9,20H,10,18H2. The number of nitrogens with one attached hydrogen (secondary N) is 1. The number of hydrogen-bond donors (Lipinski definition) is 2. The van der Waals surface area contributed by atoms with Crippen LogP contribution in [0.15, 0.2) is 54.7 Å². The van der Waals surface area contributed by atoms with Crippen molar-refractivity contribution in [2.75, 3.05) is 11.1 Å². The molecule has 100 valence electrons. The first-order chi connectivity index (χ1) is 9.74. The smallest absolute Gasteiger partial charge is 0.0934 e. The molecule has 4 heteroatoms. The van der Waals surface area contributed by atoms with Crippen LogP contribution in [-0.4, -0.2) is 4.98 Å². The number of para-hydroxylation sites is 1. The molecule has 2 aromatic carbocycles. The second kappa shape index (κ2) is 5.39. The molecule has 20 heavy (non-hydrogen) atoms. The van der Waals surface area contributed by atoms with Gasteiger partial charge in [0.25, 0.3) is 0 Å². The number of hydrogen-bond acceptors (Lipinski definition) is 3. The predicted octanol–water partition coefficient (Wildman–Crippen LogP) is 4.08. The zero-order chi connectivity index (χ0) is 13.9. The molecule has 1 aromatic heterocycles. The van der Waals surface area contributed by atoms with Crippen LogP contribution in [0.25, 0.3) is 10.9 Å².